The Morgan fingerprint density at radius 2 is 1.59 bits per heavy atom. The molecule has 1 saturated heterocycles. The lowest BCUT2D eigenvalue weighted by Gasteiger charge is -2.50. The quantitative estimate of drug-likeness (QED) is 0.791. The van der Waals surface area contributed by atoms with Crippen molar-refractivity contribution >= 4 is 23.8 Å². The second-order valence-corrected chi connectivity index (χ2v) is 9.50. The van der Waals surface area contributed by atoms with E-state index in [1.807, 2.05) is 39.8 Å². The Labute approximate surface area is 166 Å². The van der Waals surface area contributed by atoms with E-state index in [0.717, 1.165) is 11.1 Å². The summed E-state index contributed by atoms with van der Waals surface area (Å²) in [6.45, 7) is 13.3. The number of carbonyl (C=O) groups is 2. The van der Waals surface area contributed by atoms with Gasteiger partial charge >= 0.3 is 12.2 Å². The molecule has 1 aromatic rings. The first-order valence-corrected chi connectivity index (χ1v) is 9.34. The van der Waals surface area contributed by atoms with E-state index in [1.165, 1.54) is 0 Å². The standard InChI is InChI=1S/C20H29ClN2O4/c1-13-8-14(10-15(21)9-13)20(22-16(24)26-18(2,3)4)11-23(12-20)17(25)27-19(5,6)7/h8-10H,11-12H2,1-7H3,(H,22,24). The maximum absolute atomic E-state index is 12.4. The van der Waals surface area contributed by atoms with E-state index in [-0.39, 0.29) is 13.1 Å². The van der Waals surface area contributed by atoms with Crippen molar-refractivity contribution in [1.82, 2.24) is 10.2 Å². The number of halogens is 1. The number of nitrogens with one attached hydrogen (secondary N) is 1. The number of nitrogens with zero attached hydrogens (tertiary/aromatic N) is 1. The van der Waals surface area contributed by atoms with Crippen LogP contribution in [0.1, 0.15) is 52.7 Å². The van der Waals surface area contributed by atoms with Crippen molar-refractivity contribution in [2.45, 2.75) is 65.2 Å². The molecular formula is C20H29ClN2O4. The summed E-state index contributed by atoms with van der Waals surface area (Å²) in [4.78, 5) is 26.3. The highest BCUT2D eigenvalue weighted by molar-refractivity contribution is 6.30. The zero-order valence-electron chi connectivity index (χ0n) is 17.1. The summed E-state index contributed by atoms with van der Waals surface area (Å²) in [5.74, 6) is 0. The molecule has 0 spiro atoms. The van der Waals surface area contributed by atoms with Crippen molar-refractivity contribution in [2.24, 2.45) is 0 Å². The summed E-state index contributed by atoms with van der Waals surface area (Å²) in [7, 11) is 0. The highest BCUT2D eigenvalue weighted by Crippen LogP contribution is 2.35. The molecule has 0 saturated carbocycles. The van der Waals surface area contributed by atoms with Crippen LogP contribution in [0.5, 0.6) is 0 Å². The van der Waals surface area contributed by atoms with Crippen molar-refractivity contribution in [1.29, 1.82) is 0 Å². The lowest BCUT2D eigenvalue weighted by atomic mass is 9.82. The first-order chi connectivity index (χ1) is 12.2. The third-order valence-electron chi connectivity index (χ3n) is 3.91. The molecule has 2 amide bonds. The zero-order valence-corrected chi connectivity index (χ0v) is 17.9. The molecular weight excluding hydrogens is 368 g/mol. The van der Waals surface area contributed by atoms with Gasteiger partial charge in [0.05, 0.1) is 13.1 Å². The Bertz CT molecular complexity index is 708. The fourth-order valence-corrected chi connectivity index (χ4v) is 3.20. The smallest absolute Gasteiger partial charge is 0.410 e. The number of carbonyl (C=O) groups excluding carboxylic acids is 2. The maximum Gasteiger partial charge on any atom is 0.410 e. The fraction of sp³-hybridized carbons (Fsp3) is 0.600. The number of rotatable bonds is 2. The topological polar surface area (TPSA) is 67.9 Å². The van der Waals surface area contributed by atoms with Crippen LogP contribution in [0.2, 0.25) is 5.02 Å². The summed E-state index contributed by atoms with van der Waals surface area (Å²) in [5.41, 5.74) is -0.170. The summed E-state index contributed by atoms with van der Waals surface area (Å²) < 4.78 is 10.8. The first-order valence-electron chi connectivity index (χ1n) is 8.96. The third-order valence-corrected chi connectivity index (χ3v) is 4.13. The molecule has 1 heterocycles. The van der Waals surface area contributed by atoms with Gasteiger partial charge in [0.2, 0.25) is 0 Å². The Morgan fingerprint density at radius 1 is 1.04 bits per heavy atom. The van der Waals surface area contributed by atoms with Gasteiger partial charge in [-0.15, -0.1) is 0 Å². The van der Waals surface area contributed by atoms with Crippen LogP contribution < -0.4 is 5.32 Å². The van der Waals surface area contributed by atoms with E-state index >= 15 is 0 Å². The predicted octanol–water partition coefficient (Wildman–Crippen LogP) is 4.62. The molecule has 0 radical (unpaired) electrons. The fourth-order valence-electron chi connectivity index (χ4n) is 2.91. The van der Waals surface area contributed by atoms with E-state index in [2.05, 4.69) is 5.32 Å². The molecule has 1 aliphatic rings. The van der Waals surface area contributed by atoms with E-state index < -0.39 is 28.9 Å². The van der Waals surface area contributed by atoms with Crippen LogP contribution in [-0.4, -0.2) is 41.4 Å². The number of hydrogen-bond donors (Lipinski definition) is 1. The van der Waals surface area contributed by atoms with Crippen LogP contribution in [0.3, 0.4) is 0 Å². The summed E-state index contributed by atoms with van der Waals surface area (Å²) >= 11 is 6.22. The molecule has 2 rings (SSSR count). The SMILES string of the molecule is Cc1cc(Cl)cc(C2(NC(=O)OC(C)(C)C)CN(C(=O)OC(C)(C)C)C2)c1. The number of amides is 2. The number of benzene rings is 1. The van der Waals surface area contributed by atoms with Crippen LogP contribution in [-0.2, 0) is 15.0 Å². The van der Waals surface area contributed by atoms with Crippen LogP contribution in [0.15, 0.2) is 18.2 Å². The van der Waals surface area contributed by atoms with Gasteiger partial charge in [0, 0.05) is 5.02 Å². The van der Waals surface area contributed by atoms with Crippen LogP contribution in [0.4, 0.5) is 9.59 Å². The van der Waals surface area contributed by atoms with Gasteiger partial charge in [-0.3, -0.25) is 0 Å². The molecule has 1 N–H and O–H groups in total. The van der Waals surface area contributed by atoms with E-state index in [4.69, 9.17) is 21.1 Å². The molecule has 6 nitrogen and oxygen atoms in total. The molecule has 0 unspecified atom stereocenters. The molecule has 27 heavy (non-hydrogen) atoms. The van der Waals surface area contributed by atoms with Crippen molar-refractivity contribution in [3.63, 3.8) is 0 Å². The molecule has 1 fully saturated rings. The summed E-state index contributed by atoms with van der Waals surface area (Å²) in [6, 6.07) is 5.60. The van der Waals surface area contributed by atoms with E-state index in [9.17, 15) is 9.59 Å². The zero-order chi connectivity index (χ0) is 20.6. The molecule has 0 bridgehead atoms. The Hall–Kier alpha value is -1.95. The molecule has 7 heteroatoms. The van der Waals surface area contributed by atoms with Gasteiger partial charge < -0.3 is 19.7 Å². The lowest BCUT2D eigenvalue weighted by molar-refractivity contribution is -0.0230. The molecule has 0 aromatic heterocycles. The van der Waals surface area contributed by atoms with Crippen molar-refractivity contribution < 1.29 is 19.1 Å². The van der Waals surface area contributed by atoms with Gasteiger partial charge in [0.1, 0.15) is 16.7 Å². The van der Waals surface area contributed by atoms with Gasteiger partial charge in [0.15, 0.2) is 0 Å². The van der Waals surface area contributed by atoms with Gasteiger partial charge in [0.25, 0.3) is 0 Å². The second-order valence-electron chi connectivity index (χ2n) is 9.06. The molecule has 1 aromatic carbocycles. The Kier molecular flexibility index (Phi) is 5.71. The molecule has 0 aliphatic carbocycles. The highest BCUT2D eigenvalue weighted by atomic mass is 35.5. The Balaban J connectivity index is 2.24. The first kappa shape index (κ1) is 21.4. The average molecular weight is 397 g/mol. The number of hydrogen-bond acceptors (Lipinski definition) is 4. The van der Waals surface area contributed by atoms with Gasteiger partial charge in [-0.05, 0) is 71.7 Å². The van der Waals surface area contributed by atoms with Gasteiger partial charge in [-0.1, -0.05) is 17.7 Å². The number of ether oxygens (including phenoxy) is 2. The molecule has 1 aliphatic heterocycles. The third kappa shape index (κ3) is 5.76. The minimum absolute atomic E-state index is 0.279. The number of likely N-dealkylation sites (tertiary alicyclic amines) is 1. The minimum atomic E-state index is -0.769. The van der Waals surface area contributed by atoms with E-state index in [1.54, 1.807) is 31.7 Å². The van der Waals surface area contributed by atoms with Crippen LogP contribution in [0, 0.1) is 6.92 Å². The summed E-state index contributed by atoms with van der Waals surface area (Å²) in [5, 5.41) is 3.51. The van der Waals surface area contributed by atoms with Crippen LogP contribution in [0.25, 0.3) is 0 Å². The predicted molar refractivity (Wildman–Crippen MR) is 105 cm³/mol. The lowest BCUT2D eigenvalue weighted by Crippen LogP contribution is -2.69. The number of alkyl carbamates (subject to hydrolysis) is 1. The average Bonchev–Trinajstić information content (AvgIpc) is 2.36. The Morgan fingerprint density at radius 3 is 2.07 bits per heavy atom. The van der Waals surface area contributed by atoms with Gasteiger partial charge in [-0.2, -0.15) is 0 Å². The molecule has 150 valence electrons. The van der Waals surface area contributed by atoms with Crippen molar-refractivity contribution in [3.05, 3.63) is 34.3 Å². The normalized spacial score (nSPS) is 16.4. The maximum atomic E-state index is 12.4. The van der Waals surface area contributed by atoms with Crippen molar-refractivity contribution in [3.8, 4) is 0 Å². The molecule has 0 atom stereocenters. The van der Waals surface area contributed by atoms with Crippen LogP contribution >= 0.6 is 11.6 Å². The monoisotopic (exact) mass is 396 g/mol. The summed E-state index contributed by atoms with van der Waals surface area (Å²) in [6.07, 6.45) is -0.952. The minimum Gasteiger partial charge on any atom is -0.444 e. The van der Waals surface area contributed by atoms with Gasteiger partial charge in [-0.25, -0.2) is 9.59 Å². The van der Waals surface area contributed by atoms with E-state index in [0.29, 0.717) is 5.02 Å². The highest BCUT2D eigenvalue weighted by Gasteiger charge is 2.49. The largest absolute Gasteiger partial charge is 0.444 e. The number of aryl methyl sites for hydroxylation is 1. The van der Waals surface area contributed by atoms with Crippen molar-refractivity contribution in [2.75, 3.05) is 13.1 Å². The second kappa shape index (κ2) is 7.23.